The van der Waals surface area contributed by atoms with Crippen molar-refractivity contribution in [3.63, 3.8) is 0 Å². The highest BCUT2D eigenvalue weighted by Gasteiger charge is 2.45. The number of aromatic nitrogens is 2. The van der Waals surface area contributed by atoms with E-state index in [9.17, 15) is 32.4 Å². The molecule has 0 aliphatic carbocycles. The number of carbonyl (C=O) groups is 5. The number of benzene rings is 3. The number of aryl methyl sites for hydroxylation is 1. The molecule has 3 heterocycles. The van der Waals surface area contributed by atoms with Gasteiger partial charge in [-0.1, -0.05) is 36.2 Å². The molecule has 6 rings (SSSR count). The third-order valence-electron chi connectivity index (χ3n) is 10.7. The number of rotatable bonds is 18. The van der Waals surface area contributed by atoms with Crippen molar-refractivity contribution in [1.29, 1.82) is 0 Å². The average Bonchev–Trinajstić information content (AvgIpc) is 3.48. The Hall–Kier alpha value is -6.07. The van der Waals surface area contributed by atoms with Gasteiger partial charge in [-0.15, -0.1) is 0 Å². The number of hydrogen-bond donors (Lipinski definition) is 4. The highest BCUT2D eigenvalue weighted by molar-refractivity contribution is 7.92. The number of imide groups is 2. The van der Waals surface area contributed by atoms with E-state index in [1.54, 1.807) is 69.3 Å². The zero-order valence-electron chi connectivity index (χ0n) is 34.6. The average molecular weight is 873 g/mol. The Morgan fingerprint density at radius 1 is 1.00 bits per heavy atom. The summed E-state index contributed by atoms with van der Waals surface area (Å²) in [5, 5.41) is 11.3. The first-order valence-electron chi connectivity index (χ1n) is 20.0. The molecule has 3 aromatic carbocycles. The number of nitrogens with one attached hydrogen (secondary N) is 4. The van der Waals surface area contributed by atoms with Crippen LogP contribution in [-0.2, 0) is 30.6 Å². The summed E-state index contributed by atoms with van der Waals surface area (Å²) in [4.78, 5) is 75.2. The van der Waals surface area contributed by atoms with E-state index in [2.05, 4.69) is 31.2 Å². The van der Waals surface area contributed by atoms with Crippen LogP contribution in [0.5, 0.6) is 5.75 Å². The number of sulfone groups is 1. The van der Waals surface area contributed by atoms with Crippen LogP contribution < -0.4 is 26.0 Å². The molecule has 1 unspecified atom stereocenters. The Labute approximate surface area is 359 Å². The van der Waals surface area contributed by atoms with Gasteiger partial charge in [-0.05, 0) is 94.0 Å². The summed E-state index contributed by atoms with van der Waals surface area (Å²) in [6.07, 6.45) is 4.65. The number of halogens is 1. The lowest BCUT2D eigenvalue weighted by Crippen LogP contribution is -2.54. The van der Waals surface area contributed by atoms with Crippen LogP contribution in [0.15, 0.2) is 65.7 Å². The van der Waals surface area contributed by atoms with Crippen molar-refractivity contribution in [2.75, 3.05) is 43.2 Å². The van der Waals surface area contributed by atoms with Crippen LogP contribution in [0, 0.1) is 6.92 Å². The zero-order chi connectivity index (χ0) is 44.0. The summed E-state index contributed by atoms with van der Waals surface area (Å²) in [6, 6.07) is 14.3. The number of fused-ring (bicyclic) bond motifs is 1. The second-order valence-corrected chi connectivity index (χ2v) is 18.1. The fraction of sp³-hybridized carbons (Fsp3) is 0.372. The smallest absolute Gasteiger partial charge is 0.264 e. The third kappa shape index (κ3) is 9.94. The van der Waals surface area contributed by atoms with Crippen molar-refractivity contribution >= 4 is 79.8 Å². The van der Waals surface area contributed by atoms with Crippen LogP contribution in [-0.4, -0.2) is 96.3 Å². The summed E-state index contributed by atoms with van der Waals surface area (Å²) >= 11 is 6.43. The van der Waals surface area contributed by atoms with Gasteiger partial charge < -0.3 is 25.6 Å². The van der Waals surface area contributed by atoms with Crippen molar-refractivity contribution < 1.29 is 37.1 Å². The molecule has 1 fully saturated rings. The van der Waals surface area contributed by atoms with Crippen molar-refractivity contribution in [1.82, 2.24) is 25.1 Å². The summed E-state index contributed by atoms with van der Waals surface area (Å²) in [5.74, 6) is -1.23. The topological polar surface area (TPSA) is 209 Å². The van der Waals surface area contributed by atoms with Gasteiger partial charge in [-0.2, -0.15) is 4.98 Å². The molecule has 4 aromatic rings. The Morgan fingerprint density at radius 2 is 1.75 bits per heavy atom. The van der Waals surface area contributed by atoms with Crippen molar-refractivity contribution in [2.45, 2.75) is 81.9 Å². The molecule has 5 amide bonds. The Morgan fingerprint density at radius 3 is 2.49 bits per heavy atom. The van der Waals surface area contributed by atoms with Gasteiger partial charge in [0.25, 0.3) is 11.8 Å². The molecule has 1 aromatic heterocycles. The first-order chi connectivity index (χ1) is 29.1. The summed E-state index contributed by atoms with van der Waals surface area (Å²) < 4.78 is 31.7. The monoisotopic (exact) mass is 872 g/mol. The molecule has 0 bridgehead atoms. The van der Waals surface area contributed by atoms with E-state index in [-0.39, 0.29) is 51.6 Å². The molecule has 2 aliphatic rings. The molecule has 2 aliphatic heterocycles. The lowest BCUT2D eigenvalue weighted by atomic mass is 10.0. The van der Waals surface area contributed by atoms with E-state index in [1.165, 1.54) is 12.3 Å². The fourth-order valence-corrected chi connectivity index (χ4v) is 8.51. The van der Waals surface area contributed by atoms with Gasteiger partial charge in [-0.3, -0.25) is 34.2 Å². The molecule has 322 valence electrons. The van der Waals surface area contributed by atoms with E-state index in [0.29, 0.717) is 61.6 Å². The number of piperidine rings is 1. The second-order valence-electron chi connectivity index (χ2n) is 15.2. The van der Waals surface area contributed by atoms with Crippen molar-refractivity contribution in [3.05, 3.63) is 88.1 Å². The van der Waals surface area contributed by atoms with E-state index in [0.717, 1.165) is 22.4 Å². The van der Waals surface area contributed by atoms with Crippen LogP contribution in [0.2, 0.25) is 5.02 Å². The van der Waals surface area contributed by atoms with Gasteiger partial charge >= 0.3 is 0 Å². The maximum Gasteiger partial charge on any atom is 0.264 e. The minimum atomic E-state index is -3.59. The number of likely N-dealkylation sites (N-methyl/N-ethyl adjacent to an activating group) is 1. The van der Waals surface area contributed by atoms with Gasteiger partial charge in [0.1, 0.15) is 16.8 Å². The lowest BCUT2D eigenvalue weighted by molar-refractivity contribution is -0.136. The van der Waals surface area contributed by atoms with Crippen LogP contribution in [0.1, 0.15) is 84.2 Å². The minimum Gasteiger partial charge on any atom is -0.495 e. The maximum absolute atomic E-state index is 13.3. The number of nitrogens with zero attached hydrogens (tertiary/aromatic N) is 4. The molecule has 1 saturated heterocycles. The van der Waals surface area contributed by atoms with Gasteiger partial charge in [0.2, 0.25) is 23.7 Å². The molecular formula is C43H49ClN8O8S. The Balaban J connectivity index is 0.978. The highest BCUT2D eigenvalue weighted by Crippen LogP contribution is 2.35. The molecular weight excluding hydrogens is 824 g/mol. The van der Waals surface area contributed by atoms with Crippen LogP contribution in [0.25, 0.3) is 0 Å². The molecule has 0 radical (unpaired) electrons. The van der Waals surface area contributed by atoms with Gasteiger partial charge in [-0.25, -0.2) is 13.4 Å². The number of unbranched alkanes of at least 4 members (excludes halogenated alkanes) is 2. The number of anilines is 5. The molecule has 61 heavy (non-hydrogen) atoms. The normalized spacial score (nSPS) is 15.1. The highest BCUT2D eigenvalue weighted by atomic mass is 35.5. The second kappa shape index (κ2) is 19.1. The first kappa shape index (κ1) is 44.5. The predicted molar refractivity (Wildman–Crippen MR) is 232 cm³/mol. The molecule has 16 nitrogen and oxygen atoms in total. The van der Waals surface area contributed by atoms with Gasteiger partial charge in [0.05, 0.1) is 46.0 Å². The van der Waals surface area contributed by atoms with Crippen molar-refractivity contribution in [2.24, 2.45) is 0 Å². The SMILES string of the molecule is COc1cc(CCN(C)C(=O)CCCCCNc2cccc3c2C(=O)N(C2CCC(=O)NC2=O)C3=O)c(C)cc1Nc1ncc(Cl)c(Nc2ccccc2S(=O)(=O)C(C)C)n1. The fourth-order valence-electron chi connectivity index (χ4n) is 7.17. The third-order valence-corrected chi connectivity index (χ3v) is 13.2. The van der Waals surface area contributed by atoms with Crippen molar-refractivity contribution in [3.8, 4) is 5.75 Å². The molecule has 1 atom stereocenters. The van der Waals surface area contributed by atoms with Gasteiger partial charge in [0, 0.05) is 38.7 Å². The molecule has 18 heteroatoms. The van der Waals surface area contributed by atoms with Gasteiger partial charge in [0.15, 0.2) is 15.7 Å². The standard InChI is InChI=1S/C43H49ClN8O8S/c1-25(2)61(58,59)35-15-9-8-13-30(35)47-39-29(44)24-46-43(50-39)48-32-22-26(3)27(23-34(32)60-5)19-21-51(4)37(54)16-7-6-10-20-45-31-14-11-12-28-38(31)42(57)52(41(28)56)33-17-18-36(53)49-40(33)55/h8-9,11-15,22-25,33,45H,6-7,10,16-21H2,1-5H3,(H,49,53,55)(H2,46,47,48,50). The summed E-state index contributed by atoms with van der Waals surface area (Å²) in [5.41, 5.74) is 3.81. The number of hydrogen-bond acceptors (Lipinski definition) is 13. The molecule has 0 spiro atoms. The van der Waals surface area contributed by atoms with Crippen LogP contribution in [0.3, 0.4) is 0 Å². The Kier molecular flexibility index (Phi) is 13.9. The quantitative estimate of drug-likeness (QED) is 0.0650. The maximum atomic E-state index is 13.3. The van der Waals surface area contributed by atoms with Crippen LogP contribution in [0.4, 0.5) is 28.8 Å². The summed E-state index contributed by atoms with van der Waals surface area (Å²) in [7, 11) is -0.263. The number of amides is 5. The van der Waals surface area contributed by atoms with E-state index in [1.807, 2.05) is 19.1 Å². The predicted octanol–water partition coefficient (Wildman–Crippen LogP) is 6.19. The minimum absolute atomic E-state index is 0.0168. The number of ether oxygens (including phenoxy) is 1. The number of carbonyl (C=O) groups excluding carboxylic acids is 5. The zero-order valence-corrected chi connectivity index (χ0v) is 36.2. The van der Waals surface area contributed by atoms with E-state index >= 15 is 0 Å². The number of para-hydroxylation sites is 1. The lowest BCUT2D eigenvalue weighted by Gasteiger charge is -2.27. The largest absolute Gasteiger partial charge is 0.495 e. The first-order valence-corrected chi connectivity index (χ1v) is 21.9. The molecule has 0 saturated carbocycles. The summed E-state index contributed by atoms with van der Waals surface area (Å²) in [6.45, 7) is 6.20. The van der Waals surface area contributed by atoms with E-state index < -0.39 is 44.8 Å². The van der Waals surface area contributed by atoms with E-state index in [4.69, 9.17) is 16.3 Å². The molecule has 4 N–H and O–H groups in total. The number of methoxy groups -OCH3 is 1. The van der Waals surface area contributed by atoms with Crippen LogP contribution >= 0.6 is 11.6 Å². The Bertz CT molecular complexity index is 2480.